The predicted octanol–water partition coefficient (Wildman–Crippen LogP) is 1.44. The van der Waals surface area contributed by atoms with Gasteiger partial charge in [-0.1, -0.05) is 0 Å². The van der Waals surface area contributed by atoms with Gasteiger partial charge in [-0.05, 0) is 19.9 Å². The second kappa shape index (κ2) is 4.65. The second-order valence-corrected chi connectivity index (χ2v) is 3.26. The van der Waals surface area contributed by atoms with Gasteiger partial charge in [0, 0.05) is 11.6 Å². The molecule has 0 aliphatic rings. The van der Waals surface area contributed by atoms with Crippen molar-refractivity contribution in [1.82, 2.24) is 0 Å². The van der Waals surface area contributed by atoms with Crippen LogP contribution in [0.3, 0.4) is 0 Å². The maximum Gasteiger partial charge on any atom is 0.342 e. The Morgan fingerprint density at radius 3 is 2.69 bits per heavy atom. The first kappa shape index (κ1) is 12.0. The van der Waals surface area contributed by atoms with Gasteiger partial charge in [-0.25, -0.2) is 9.59 Å². The Morgan fingerprint density at radius 2 is 2.19 bits per heavy atom. The lowest BCUT2D eigenvalue weighted by Gasteiger charge is -2.03. The zero-order valence-electron chi connectivity index (χ0n) is 9.23. The predicted molar refractivity (Wildman–Crippen MR) is 57.6 cm³/mol. The van der Waals surface area contributed by atoms with E-state index in [2.05, 4.69) is 0 Å². The Bertz CT molecular complexity index is 496. The van der Waals surface area contributed by atoms with Crippen molar-refractivity contribution in [1.29, 1.82) is 0 Å². The molecule has 0 aliphatic carbocycles. The lowest BCUT2D eigenvalue weighted by molar-refractivity contribution is -0.132. The van der Waals surface area contributed by atoms with Crippen LogP contribution < -0.4 is 10.4 Å². The van der Waals surface area contributed by atoms with E-state index in [0.29, 0.717) is 11.3 Å². The Morgan fingerprint density at radius 1 is 1.56 bits per heavy atom. The molecular formula is C11H12O5. The number of hydrogen-bond donors (Lipinski definition) is 1. The van der Waals surface area contributed by atoms with Gasteiger partial charge in [0.25, 0.3) is 0 Å². The number of carboxylic acid groups (broad SMARTS) is 1. The summed E-state index contributed by atoms with van der Waals surface area (Å²) in [6.07, 6.45) is 1.27. The molecule has 1 aromatic rings. The molecule has 0 radical (unpaired) electrons. The second-order valence-electron chi connectivity index (χ2n) is 3.26. The van der Waals surface area contributed by atoms with Crippen molar-refractivity contribution in [2.24, 2.45) is 0 Å². The van der Waals surface area contributed by atoms with Crippen LogP contribution in [0.5, 0.6) is 5.75 Å². The monoisotopic (exact) mass is 224 g/mol. The summed E-state index contributed by atoms with van der Waals surface area (Å²) in [5.74, 6) is -0.532. The molecule has 0 atom stereocenters. The Labute approximate surface area is 92.0 Å². The zero-order chi connectivity index (χ0) is 12.3. The molecule has 5 nitrogen and oxygen atoms in total. The van der Waals surface area contributed by atoms with Crippen molar-refractivity contribution in [3.05, 3.63) is 33.4 Å². The Kier molecular flexibility index (Phi) is 3.50. The summed E-state index contributed by atoms with van der Waals surface area (Å²) in [4.78, 5) is 21.9. The van der Waals surface area contributed by atoms with Crippen LogP contribution >= 0.6 is 0 Å². The maximum atomic E-state index is 11.3. The number of carbonyl (C=O) groups is 1. The number of aliphatic carboxylic acids is 1. The quantitative estimate of drug-likeness (QED) is 0.786. The molecule has 1 rings (SSSR count). The number of methoxy groups -OCH3 is 1. The van der Waals surface area contributed by atoms with Crippen LogP contribution in [0.2, 0.25) is 0 Å². The SMILES string of the molecule is COc1cc(C=C(C)C(=O)O)oc(=O)c1C. The average molecular weight is 224 g/mol. The molecule has 1 aromatic heterocycles. The molecule has 0 unspecified atom stereocenters. The lowest BCUT2D eigenvalue weighted by Crippen LogP contribution is -2.06. The van der Waals surface area contributed by atoms with Gasteiger partial charge < -0.3 is 14.3 Å². The molecule has 0 aromatic carbocycles. The van der Waals surface area contributed by atoms with E-state index >= 15 is 0 Å². The van der Waals surface area contributed by atoms with Gasteiger partial charge in [0.15, 0.2) is 0 Å². The third-order valence-electron chi connectivity index (χ3n) is 2.08. The van der Waals surface area contributed by atoms with Crippen LogP contribution in [0.4, 0.5) is 0 Å². The minimum atomic E-state index is -1.07. The van der Waals surface area contributed by atoms with Gasteiger partial charge >= 0.3 is 11.6 Å². The van der Waals surface area contributed by atoms with Crippen LogP contribution in [0.15, 0.2) is 20.9 Å². The highest BCUT2D eigenvalue weighted by Crippen LogP contribution is 2.17. The van der Waals surface area contributed by atoms with Gasteiger partial charge in [-0.2, -0.15) is 0 Å². The molecule has 0 fully saturated rings. The maximum absolute atomic E-state index is 11.3. The van der Waals surface area contributed by atoms with Gasteiger partial charge in [0.05, 0.1) is 12.7 Å². The van der Waals surface area contributed by atoms with Crippen molar-refractivity contribution in [3.63, 3.8) is 0 Å². The van der Waals surface area contributed by atoms with Crippen LogP contribution in [0.1, 0.15) is 18.2 Å². The Hall–Kier alpha value is -2.04. The molecule has 1 heterocycles. The average Bonchev–Trinajstić information content (AvgIpc) is 2.22. The molecule has 0 aliphatic heterocycles. The molecule has 1 N–H and O–H groups in total. The van der Waals surface area contributed by atoms with Crippen molar-refractivity contribution in [2.45, 2.75) is 13.8 Å². The smallest absolute Gasteiger partial charge is 0.342 e. The fourth-order valence-corrected chi connectivity index (χ4v) is 1.11. The van der Waals surface area contributed by atoms with Crippen molar-refractivity contribution < 1.29 is 19.1 Å². The number of ether oxygens (including phenoxy) is 1. The molecule has 86 valence electrons. The molecule has 0 spiro atoms. The summed E-state index contributed by atoms with van der Waals surface area (Å²) < 4.78 is 9.87. The van der Waals surface area contributed by atoms with Gasteiger partial charge in [0.2, 0.25) is 0 Å². The number of carboxylic acids is 1. The summed E-state index contributed by atoms with van der Waals surface area (Å²) in [5.41, 5.74) is -0.106. The molecule has 16 heavy (non-hydrogen) atoms. The minimum absolute atomic E-state index is 0.0778. The third-order valence-corrected chi connectivity index (χ3v) is 2.08. The topological polar surface area (TPSA) is 76.7 Å². The van der Waals surface area contributed by atoms with E-state index in [0.717, 1.165) is 0 Å². The van der Waals surface area contributed by atoms with E-state index in [4.69, 9.17) is 14.3 Å². The molecule has 0 saturated heterocycles. The van der Waals surface area contributed by atoms with Gasteiger partial charge in [0.1, 0.15) is 11.5 Å². The van der Waals surface area contributed by atoms with E-state index in [-0.39, 0.29) is 11.3 Å². The first-order valence-corrected chi connectivity index (χ1v) is 4.56. The normalized spacial score (nSPS) is 11.3. The first-order valence-electron chi connectivity index (χ1n) is 4.56. The van der Waals surface area contributed by atoms with Crippen LogP contribution in [0, 0.1) is 6.92 Å². The minimum Gasteiger partial charge on any atom is -0.496 e. The summed E-state index contributed by atoms with van der Waals surface area (Å²) in [6.45, 7) is 2.98. The number of hydrogen-bond acceptors (Lipinski definition) is 4. The van der Waals surface area contributed by atoms with Crippen LogP contribution in [0.25, 0.3) is 6.08 Å². The lowest BCUT2D eigenvalue weighted by atomic mass is 10.2. The molecule has 5 heteroatoms. The fraction of sp³-hybridized carbons (Fsp3) is 0.273. The summed E-state index contributed by atoms with van der Waals surface area (Å²) in [7, 11) is 1.43. The summed E-state index contributed by atoms with van der Waals surface area (Å²) >= 11 is 0. The van der Waals surface area contributed by atoms with Crippen LogP contribution in [-0.4, -0.2) is 18.2 Å². The first-order chi connectivity index (χ1) is 7.45. The highest BCUT2D eigenvalue weighted by molar-refractivity contribution is 5.90. The third kappa shape index (κ3) is 2.50. The highest BCUT2D eigenvalue weighted by Gasteiger charge is 2.08. The summed E-state index contributed by atoms with van der Waals surface area (Å²) in [6, 6.07) is 1.48. The van der Waals surface area contributed by atoms with E-state index in [1.54, 1.807) is 6.92 Å². The standard InChI is InChI=1S/C11H12O5/c1-6(10(12)13)4-8-5-9(15-3)7(2)11(14)16-8/h4-5H,1-3H3,(H,12,13). The van der Waals surface area contributed by atoms with Crippen molar-refractivity contribution >= 4 is 12.0 Å². The van der Waals surface area contributed by atoms with E-state index in [1.807, 2.05) is 0 Å². The van der Waals surface area contributed by atoms with Gasteiger partial charge in [-0.15, -0.1) is 0 Å². The van der Waals surface area contributed by atoms with E-state index in [1.165, 1.54) is 26.2 Å². The van der Waals surface area contributed by atoms with Crippen LogP contribution in [-0.2, 0) is 4.79 Å². The largest absolute Gasteiger partial charge is 0.496 e. The van der Waals surface area contributed by atoms with Crippen molar-refractivity contribution in [3.8, 4) is 5.75 Å². The molecule has 0 saturated carbocycles. The number of rotatable bonds is 3. The highest BCUT2D eigenvalue weighted by atomic mass is 16.5. The van der Waals surface area contributed by atoms with Crippen molar-refractivity contribution in [2.75, 3.05) is 7.11 Å². The fourth-order valence-electron chi connectivity index (χ4n) is 1.11. The molecule has 0 amide bonds. The van der Waals surface area contributed by atoms with Gasteiger partial charge in [-0.3, -0.25) is 0 Å². The van der Waals surface area contributed by atoms with E-state index in [9.17, 15) is 9.59 Å². The molecular weight excluding hydrogens is 212 g/mol. The Balaban J connectivity index is 3.28. The van der Waals surface area contributed by atoms with E-state index < -0.39 is 11.6 Å². The zero-order valence-corrected chi connectivity index (χ0v) is 9.23. The summed E-state index contributed by atoms with van der Waals surface area (Å²) in [5, 5.41) is 8.67. The molecule has 0 bridgehead atoms.